The van der Waals surface area contributed by atoms with Crippen molar-refractivity contribution in [2.45, 2.75) is 17.7 Å². The van der Waals surface area contributed by atoms with Crippen LogP contribution in [-0.2, 0) is 10.0 Å². The molecule has 7 heteroatoms. The molecule has 2 heterocycles. The first-order valence-electron chi connectivity index (χ1n) is 7.04. The third-order valence-electron chi connectivity index (χ3n) is 3.55. The number of hydrogen-bond acceptors (Lipinski definition) is 4. The van der Waals surface area contributed by atoms with Crippen molar-refractivity contribution < 1.29 is 12.8 Å². The maximum atomic E-state index is 12.9. The van der Waals surface area contributed by atoms with Gasteiger partial charge in [0, 0.05) is 13.1 Å². The molecule has 1 aromatic heterocycles. The van der Waals surface area contributed by atoms with Crippen molar-refractivity contribution in [1.82, 2.24) is 4.98 Å². The summed E-state index contributed by atoms with van der Waals surface area (Å²) in [7, 11) is -3.73. The quantitative estimate of drug-likeness (QED) is 0.940. The summed E-state index contributed by atoms with van der Waals surface area (Å²) < 4.78 is 39.7. The number of nitrogens with one attached hydrogen (secondary N) is 1. The second kappa shape index (κ2) is 5.92. The first-order chi connectivity index (χ1) is 10.5. The van der Waals surface area contributed by atoms with E-state index in [4.69, 9.17) is 0 Å². The Hall–Kier alpha value is -2.15. The topological polar surface area (TPSA) is 62.3 Å². The molecule has 1 aliphatic heterocycles. The highest BCUT2D eigenvalue weighted by atomic mass is 32.2. The Labute approximate surface area is 128 Å². The van der Waals surface area contributed by atoms with Crippen LogP contribution in [-0.4, -0.2) is 26.5 Å². The molecule has 3 rings (SSSR count). The molecule has 1 fully saturated rings. The molecule has 22 heavy (non-hydrogen) atoms. The smallest absolute Gasteiger partial charge is 0.261 e. The molecule has 1 N–H and O–H groups in total. The number of nitrogens with zero attached hydrogens (tertiary/aromatic N) is 2. The first kappa shape index (κ1) is 14.8. The van der Waals surface area contributed by atoms with Gasteiger partial charge in [-0.1, -0.05) is 0 Å². The summed E-state index contributed by atoms with van der Waals surface area (Å²) in [5.74, 6) is 0.373. The number of rotatable bonds is 4. The summed E-state index contributed by atoms with van der Waals surface area (Å²) in [5.41, 5.74) is 0.382. The van der Waals surface area contributed by atoms with Gasteiger partial charge in [-0.05, 0) is 49.2 Å². The van der Waals surface area contributed by atoms with Crippen molar-refractivity contribution in [3.05, 3.63) is 48.4 Å². The van der Waals surface area contributed by atoms with Crippen LogP contribution in [0.15, 0.2) is 47.5 Å². The van der Waals surface area contributed by atoms with Crippen molar-refractivity contribution in [2.75, 3.05) is 22.7 Å². The van der Waals surface area contributed by atoms with Gasteiger partial charge in [0.25, 0.3) is 10.0 Å². The van der Waals surface area contributed by atoms with Crippen LogP contribution in [0.3, 0.4) is 0 Å². The molecule has 0 radical (unpaired) electrons. The summed E-state index contributed by atoms with van der Waals surface area (Å²) >= 11 is 0. The number of hydrogen-bond donors (Lipinski definition) is 1. The molecular weight excluding hydrogens is 305 g/mol. The lowest BCUT2D eigenvalue weighted by molar-refractivity contribution is 0.599. The average Bonchev–Trinajstić information content (AvgIpc) is 3.02. The van der Waals surface area contributed by atoms with Gasteiger partial charge in [0.1, 0.15) is 11.6 Å². The van der Waals surface area contributed by atoms with Crippen LogP contribution in [0.25, 0.3) is 0 Å². The minimum atomic E-state index is -3.73. The van der Waals surface area contributed by atoms with E-state index in [1.807, 2.05) is 0 Å². The van der Waals surface area contributed by atoms with Crippen molar-refractivity contribution in [1.29, 1.82) is 0 Å². The van der Waals surface area contributed by atoms with Gasteiger partial charge >= 0.3 is 0 Å². The predicted molar refractivity (Wildman–Crippen MR) is 82.9 cm³/mol. The van der Waals surface area contributed by atoms with E-state index in [1.54, 1.807) is 12.1 Å². The Morgan fingerprint density at radius 2 is 1.73 bits per heavy atom. The second-order valence-corrected chi connectivity index (χ2v) is 6.84. The highest BCUT2D eigenvalue weighted by Gasteiger charge is 2.16. The minimum absolute atomic E-state index is 0.0116. The minimum Gasteiger partial charge on any atom is -0.357 e. The fourth-order valence-corrected chi connectivity index (χ4v) is 3.45. The number of aromatic nitrogens is 1. The normalized spacial score (nSPS) is 15.0. The molecule has 0 atom stereocenters. The van der Waals surface area contributed by atoms with E-state index < -0.39 is 15.8 Å². The fraction of sp³-hybridized carbons (Fsp3) is 0.267. The molecule has 1 aliphatic rings. The Morgan fingerprint density at radius 1 is 1.05 bits per heavy atom. The molecule has 0 unspecified atom stereocenters. The first-order valence-corrected chi connectivity index (χ1v) is 8.52. The zero-order chi connectivity index (χ0) is 15.6. The van der Waals surface area contributed by atoms with E-state index in [1.165, 1.54) is 18.3 Å². The van der Waals surface area contributed by atoms with E-state index in [0.29, 0.717) is 5.69 Å². The van der Waals surface area contributed by atoms with E-state index in [-0.39, 0.29) is 4.90 Å². The Balaban J connectivity index is 1.75. The molecule has 0 bridgehead atoms. The number of sulfonamides is 1. The summed E-state index contributed by atoms with van der Waals surface area (Å²) in [5, 5.41) is 0. The Morgan fingerprint density at radius 3 is 2.32 bits per heavy atom. The van der Waals surface area contributed by atoms with E-state index in [9.17, 15) is 12.8 Å². The molecule has 0 amide bonds. The monoisotopic (exact) mass is 321 g/mol. The summed E-state index contributed by atoms with van der Waals surface area (Å²) in [4.78, 5) is 6.47. The highest BCUT2D eigenvalue weighted by molar-refractivity contribution is 7.92. The van der Waals surface area contributed by atoms with Crippen molar-refractivity contribution in [3.63, 3.8) is 0 Å². The van der Waals surface area contributed by atoms with E-state index >= 15 is 0 Å². The van der Waals surface area contributed by atoms with Gasteiger partial charge < -0.3 is 4.90 Å². The number of benzene rings is 1. The SMILES string of the molecule is O=S(=O)(Nc1ccc(N2CCCC2)nc1)c1ccc(F)cc1. The van der Waals surface area contributed by atoms with Crippen LogP contribution in [0.5, 0.6) is 0 Å². The van der Waals surface area contributed by atoms with Crippen LogP contribution >= 0.6 is 0 Å². The van der Waals surface area contributed by atoms with E-state index in [2.05, 4.69) is 14.6 Å². The molecule has 1 aromatic carbocycles. The highest BCUT2D eigenvalue weighted by Crippen LogP contribution is 2.21. The third-order valence-corrected chi connectivity index (χ3v) is 4.95. The van der Waals surface area contributed by atoms with Crippen LogP contribution in [0.1, 0.15) is 12.8 Å². The predicted octanol–water partition coefficient (Wildman–Crippen LogP) is 2.62. The maximum absolute atomic E-state index is 12.9. The van der Waals surface area contributed by atoms with Crippen LogP contribution in [0.4, 0.5) is 15.9 Å². The molecule has 0 spiro atoms. The van der Waals surface area contributed by atoms with Crippen LogP contribution in [0.2, 0.25) is 0 Å². The molecule has 2 aromatic rings. The molecular formula is C15H16FN3O2S. The zero-order valence-corrected chi connectivity index (χ0v) is 12.7. The van der Waals surface area contributed by atoms with E-state index in [0.717, 1.165) is 43.9 Å². The molecule has 0 aliphatic carbocycles. The molecule has 116 valence electrons. The Kier molecular flexibility index (Phi) is 3.98. The molecule has 0 saturated carbocycles. The number of pyridine rings is 1. The van der Waals surface area contributed by atoms with Crippen molar-refractivity contribution in [2.24, 2.45) is 0 Å². The van der Waals surface area contributed by atoms with Crippen LogP contribution in [0, 0.1) is 5.82 Å². The standard InChI is InChI=1S/C15H16FN3O2S/c16-12-3-6-14(7-4-12)22(20,21)18-13-5-8-15(17-11-13)19-9-1-2-10-19/h3-8,11,18H,1-2,9-10H2. The molecule has 1 saturated heterocycles. The Bertz CT molecular complexity index is 739. The van der Waals surface area contributed by atoms with Gasteiger partial charge in [-0.15, -0.1) is 0 Å². The lowest BCUT2D eigenvalue weighted by atomic mass is 10.4. The van der Waals surface area contributed by atoms with Gasteiger partial charge in [-0.2, -0.15) is 0 Å². The summed E-state index contributed by atoms with van der Waals surface area (Å²) in [6.07, 6.45) is 3.80. The van der Waals surface area contributed by atoms with Gasteiger partial charge in [-0.3, -0.25) is 4.72 Å². The van der Waals surface area contributed by atoms with Gasteiger partial charge in [-0.25, -0.2) is 17.8 Å². The second-order valence-electron chi connectivity index (χ2n) is 5.16. The zero-order valence-electron chi connectivity index (χ0n) is 11.9. The largest absolute Gasteiger partial charge is 0.357 e. The third kappa shape index (κ3) is 3.19. The number of halogens is 1. The number of anilines is 2. The average molecular weight is 321 g/mol. The van der Waals surface area contributed by atoms with Gasteiger partial charge in [0.05, 0.1) is 16.8 Å². The summed E-state index contributed by atoms with van der Waals surface area (Å²) in [6.45, 7) is 1.96. The van der Waals surface area contributed by atoms with Crippen molar-refractivity contribution >= 4 is 21.5 Å². The van der Waals surface area contributed by atoms with Gasteiger partial charge in [0.15, 0.2) is 0 Å². The van der Waals surface area contributed by atoms with Gasteiger partial charge in [0.2, 0.25) is 0 Å². The fourth-order valence-electron chi connectivity index (χ4n) is 2.41. The lowest BCUT2D eigenvalue weighted by Crippen LogP contribution is -2.19. The summed E-state index contributed by atoms with van der Waals surface area (Å²) in [6, 6.07) is 8.16. The lowest BCUT2D eigenvalue weighted by Gasteiger charge is -2.16. The van der Waals surface area contributed by atoms with Crippen LogP contribution < -0.4 is 9.62 Å². The van der Waals surface area contributed by atoms with Crippen molar-refractivity contribution in [3.8, 4) is 0 Å². The maximum Gasteiger partial charge on any atom is 0.261 e. The molecule has 5 nitrogen and oxygen atoms in total.